The quantitative estimate of drug-likeness (QED) is 0.0707. The van der Waals surface area contributed by atoms with Gasteiger partial charge in [-0.1, -0.05) is 0 Å². The van der Waals surface area contributed by atoms with Crippen molar-refractivity contribution in [1.82, 2.24) is 0 Å². The summed E-state index contributed by atoms with van der Waals surface area (Å²) >= 11 is 0. The zero-order valence-electron chi connectivity index (χ0n) is 31.0. The summed E-state index contributed by atoms with van der Waals surface area (Å²) in [5, 5.41) is 16.7. The highest BCUT2D eigenvalue weighted by atomic mass is 19.2. The lowest BCUT2D eigenvalue weighted by Crippen LogP contribution is -2.01. The van der Waals surface area contributed by atoms with E-state index in [-0.39, 0.29) is 28.8 Å². The first-order valence-electron chi connectivity index (χ1n) is 15.7. The molecule has 5 aromatic carbocycles. The number of hydrogen-bond acceptors (Lipinski definition) is 7. The number of aromatic carboxylic acids is 2. The smallest absolute Gasteiger partial charge is 0.335 e. The Balaban J connectivity index is 0.000000382. The number of methoxy groups -OCH3 is 2. The van der Waals surface area contributed by atoms with Gasteiger partial charge in [0, 0.05) is 16.7 Å². The molecule has 0 aromatic heterocycles. The maximum Gasteiger partial charge on any atom is 0.335 e. The van der Waals surface area contributed by atoms with Crippen LogP contribution in [0.3, 0.4) is 0 Å². The number of Topliss-reactive ketones (excluding diaryl/α,β-unsaturated/α-hetero) is 2. The van der Waals surface area contributed by atoms with E-state index in [9.17, 15) is 81.0 Å². The van der Waals surface area contributed by atoms with Crippen LogP contribution in [0.15, 0.2) is 60.7 Å². The first-order valence-corrected chi connectivity index (χ1v) is 15.7. The second-order valence-electron chi connectivity index (χ2n) is 11.1. The number of benzene rings is 5. The Morgan fingerprint density at radius 1 is 0.410 bits per heavy atom. The van der Waals surface area contributed by atoms with Gasteiger partial charge in [0.25, 0.3) is 0 Å². The second kappa shape index (κ2) is 23.4. The number of carboxylic acid groups (broad SMARTS) is 2. The molecule has 0 unspecified atom stereocenters. The molecule has 326 valence electrons. The van der Waals surface area contributed by atoms with Crippen molar-refractivity contribution in [3.63, 3.8) is 0 Å². The third-order valence-electron chi connectivity index (χ3n) is 6.82. The molecule has 2 N–H and O–H groups in total. The molecule has 0 amide bonds. The predicted molar refractivity (Wildman–Crippen MR) is 184 cm³/mol. The number of carbonyl (C=O) groups is 5. The molecule has 0 spiro atoms. The van der Waals surface area contributed by atoms with Crippen LogP contribution in [0.4, 0.5) is 57.1 Å². The van der Waals surface area contributed by atoms with E-state index in [0.29, 0.717) is 48.5 Å². The first-order chi connectivity index (χ1) is 28.3. The Bertz CT molecular complexity index is 2190. The molecule has 0 aliphatic rings. The van der Waals surface area contributed by atoms with Crippen LogP contribution in [-0.2, 0) is 0 Å². The van der Waals surface area contributed by atoms with Gasteiger partial charge in [-0.15, -0.1) is 0 Å². The number of carbonyl (C=O) groups excluding carboxylic acids is 3. The van der Waals surface area contributed by atoms with Crippen molar-refractivity contribution < 1.29 is 101 Å². The third kappa shape index (κ3) is 15.1. The molecule has 0 saturated carbocycles. The fourth-order valence-electron chi connectivity index (χ4n) is 3.92. The van der Waals surface area contributed by atoms with E-state index in [1.807, 2.05) is 0 Å². The fourth-order valence-corrected chi connectivity index (χ4v) is 3.92. The van der Waals surface area contributed by atoms with E-state index in [4.69, 9.17) is 10.2 Å². The summed E-state index contributed by atoms with van der Waals surface area (Å²) < 4.78 is 171. The monoisotopic (exact) mass is 884 g/mol. The number of halogens is 13. The van der Waals surface area contributed by atoms with Gasteiger partial charge >= 0.3 is 11.9 Å². The van der Waals surface area contributed by atoms with Gasteiger partial charge in [0.05, 0.1) is 25.3 Å². The van der Waals surface area contributed by atoms with E-state index in [1.54, 1.807) is 0 Å². The molecular weight excluding hydrogens is 859 g/mol. The molecule has 5 rings (SSSR count). The molecule has 9 nitrogen and oxygen atoms in total. The van der Waals surface area contributed by atoms with Crippen LogP contribution in [0.1, 0.15) is 65.6 Å². The minimum Gasteiger partial charge on any atom is -0.491 e. The summed E-state index contributed by atoms with van der Waals surface area (Å²) in [5.41, 5.74) is -1.47. The Labute approximate surface area is 334 Å². The van der Waals surface area contributed by atoms with Gasteiger partial charge in [-0.2, -0.15) is 0 Å². The highest BCUT2D eigenvalue weighted by Gasteiger charge is 2.17. The van der Waals surface area contributed by atoms with Crippen LogP contribution in [0.5, 0.6) is 11.5 Å². The minimum absolute atomic E-state index is 0.00389. The summed E-state index contributed by atoms with van der Waals surface area (Å²) in [7, 11) is 2.26. The van der Waals surface area contributed by atoms with Crippen LogP contribution < -0.4 is 9.47 Å². The van der Waals surface area contributed by atoms with Crippen LogP contribution >= 0.6 is 0 Å². The van der Waals surface area contributed by atoms with E-state index in [0.717, 1.165) is 33.3 Å². The molecule has 0 atom stereocenters. The molecule has 0 aliphatic carbocycles. The summed E-state index contributed by atoms with van der Waals surface area (Å²) in [4.78, 5) is 51.8. The highest BCUT2D eigenvalue weighted by Crippen LogP contribution is 2.24. The number of ether oxygens (including phenoxy) is 2. The topological polar surface area (TPSA) is 144 Å². The highest BCUT2D eigenvalue weighted by molar-refractivity contribution is 5.94. The lowest BCUT2D eigenvalue weighted by Gasteiger charge is -2.04. The number of aldehydes is 1. The molecular formula is C39H25F13O9. The fraction of sp³-hybridized carbons (Fsp3) is 0.103. The van der Waals surface area contributed by atoms with E-state index >= 15 is 0 Å². The molecule has 0 saturated heterocycles. The van der Waals surface area contributed by atoms with Crippen molar-refractivity contribution in [1.29, 1.82) is 0 Å². The maximum absolute atomic E-state index is 13.0. The second-order valence-corrected chi connectivity index (χ2v) is 11.1. The van der Waals surface area contributed by atoms with Crippen molar-refractivity contribution in [2.75, 3.05) is 14.2 Å². The SMILES string of the molecule is CC(=O)c1cc(F)c(F)c(F)c1.COc1c(F)cc(C(=O)O)cc1F.COc1c(F)cc(C(C)=O)cc1F.O=C(O)c1cc(F)c(F)c(F)c1.O=Cc1cc(F)c(F)c(F)c1. The zero-order valence-corrected chi connectivity index (χ0v) is 31.0. The lowest BCUT2D eigenvalue weighted by atomic mass is 10.1. The van der Waals surface area contributed by atoms with E-state index < -0.39 is 116 Å². The largest absolute Gasteiger partial charge is 0.491 e. The van der Waals surface area contributed by atoms with Gasteiger partial charge < -0.3 is 19.7 Å². The average Bonchev–Trinajstić information content (AvgIpc) is 3.18. The Kier molecular flexibility index (Phi) is 19.8. The molecule has 0 heterocycles. The summed E-state index contributed by atoms with van der Waals surface area (Å²) in [6, 6.07) is 6.72. The minimum atomic E-state index is -1.67. The molecule has 5 aromatic rings. The summed E-state index contributed by atoms with van der Waals surface area (Å²) in [6.07, 6.45) is 0.242. The number of carboxylic acids is 2. The van der Waals surface area contributed by atoms with Crippen LogP contribution in [-0.4, -0.2) is 54.2 Å². The average molecular weight is 885 g/mol. The lowest BCUT2D eigenvalue weighted by molar-refractivity contribution is 0.0685. The Hall–Kier alpha value is -7.26. The van der Waals surface area contributed by atoms with Crippen LogP contribution in [0, 0.1) is 75.6 Å². The van der Waals surface area contributed by atoms with Gasteiger partial charge in [0.15, 0.2) is 98.7 Å². The predicted octanol–water partition coefficient (Wildman–Crippen LogP) is 9.87. The molecule has 22 heteroatoms. The van der Waals surface area contributed by atoms with Crippen LogP contribution in [0.2, 0.25) is 0 Å². The van der Waals surface area contributed by atoms with Crippen molar-refractivity contribution >= 4 is 29.8 Å². The summed E-state index contributed by atoms with van der Waals surface area (Å²) in [5.74, 6) is -21.8. The summed E-state index contributed by atoms with van der Waals surface area (Å²) in [6.45, 7) is 2.38. The molecule has 0 fully saturated rings. The third-order valence-corrected chi connectivity index (χ3v) is 6.82. The Morgan fingerprint density at radius 3 is 0.836 bits per heavy atom. The van der Waals surface area contributed by atoms with Crippen molar-refractivity contribution in [2.45, 2.75) is 13.8 Å². The number of ketones is 2. The van der Waals surface area contributed by atoms with E-state index in [1.165, 1.54) is 6.92 Å². The Morgan fingerprint density at radius 2 is 0.623 bits per heavy atom. The van der Waals surface area contributed by atoms with Gasteiger partial charge in [0.2, 0.25) is 0 Å². The number of rotatable bonds is 7. The van der Waals surface area contributed by atoms with E-state index in [2.05, 4.69) is 9.47 Å². The van der Waals surface area contributed by atoms with Crippen molar-refractivity contribution in [3.8, 4) is 11.5 Å². The molecule has 61 heavy (non-hydrogen) atoms. The number of hydrogen-bond donors (Lipinski definition) is 2. The van der Waals surface area contributed by atoms with Crippen molar-refractivity contribution in [2.24, 2.45) is 0 Å². The van der Waals surface area contributed by atoms with Gasteiger partial charge in [-0.25, -0.2) is 66.7 Å². The molecule has 0 aliphatic heterocycles. The van der Waals surface area contributed by atoms with Gasteiger partial charge in [-0.05, 0) is 74.5 Å². The zero-order chi connectivity index (χ0) is 47.0. The normalized spacial score (nSPS) is 9.85. The first kappa shape index (κ1) is 51.8. The van der Waals surface area contributed by atoms with Crippen molar-refractivity contribution in [3.05, 3.63) is 164 Å². The standard InChI is InChI=1S/C9H8F2O2.C8H5F3O.C8H6F2O3.C7H3F3O2.C7H3F3O/c1-5(12)6-3-7(10)9(13-2)8(11)4-6;1-4(12)5-2-6(9)8(11)7(10)3-5;1-13-7-5(9)2-4(8(11)12)3-6(7)10;8-4-1-3(7(11)12)2-5(9)6(4)10;8-5-1-4(3-11)2-6(9)7(5)10/h3-4H,1-2H3;2-3H,1H3;2-3H,1H3,(H,11,12);1-2H,(H,11,12);1-3H. The maximum atomic E-state index is 13.0. The molecule has 0 radical (unpaired) electrons. The van der Waals surface area contributed by atoms with Gasteiger partial charge in [0.1, 0.15) is 6.29 Å². The molecule has 0 bridgehead atoms. The van der Waals surface area contributed by atoms with Gasteiger partial charge in [-0.3, -0.25) is 14.4 Å². The van der Waals surface area contributed by atoms with Crippen LogP contribution in [0.25, 0.3) is 0 Å².